The molecule has 0 unspecified atom stereocenters. The molecule has 78 valence electrons. The average Bonchev–Trinajstić information content (AvgIpc) is 2.30. The molecule has 0 bridgehead atoms. The minimum atomic E-state index is -0.547. The van der Waals surface area contributed by atoms with Crippen LogP contribution in [-0.2, 0) is 18.8 Å². The van der Waals surface area contributed by atoms with E-state index in [2.05, 4.69) is 11.5 Å². The minimum Gasteiger partial charge on any atom is -0.440 e. The molecule has 5 heteroatoms. The number of carbonyl (C=O) groups is 1. The third-order valence-electron chi connectivity index (χ3n) is 2.44. The van der Waals surface area contributed by atoms with E-state index in [-0.39, 0.29) is 5.76 Å². The predicted molar refractivity (Wildman–Crippen MR) is 50.8 cm³/mol. The molecule has 0 radical (unpaired) electrons. The van der Waals surface area contributed by atoms with Gasteiger partial charge in [-0.15, -0.1) is 4.33 Å². The monoisotopic (exact) mass is 216 g/mol. The molecule has 1 aliphatic heterocycles. The molecule has 0 aromatic rings. The quantitative estimate of drug-likeness (QED) is 0.269. The number of carbonyl (C=O) groups excluding carboxylic acids is 1. The van der Waals surface area contributed by atoms with Crippen LogP contribution in [0.3, 0.4) is 0 Å². The molecule has 1 aliphatic carbocycles. The highest BCUT2D eigenvalue weighted by Crippen LogP contribution is 2.43. The molecule has 0 aromatic carbocycles. The van der Waals surface area contributed by atoms with E-state index < -0.39 is 10.9 Å². The first-order valence-corrected chi connectivity index (χ1v) is 5.41. The molecule has 0 N–H and O–H groups in total. The number of hydrogen-bond donors (Lipinski definition) is 0. The summed E-state index contributed by atoms with van der Waals surface area (Å²) in [5, 5.41) is 0. The fraction of sp³-hybridized carbons (Fsp3) is 0.667. The van der Waals surface area contributed by atoms with Crippen molar-refractivity contribution >= 4 is 18.0 Å². The van der Waals surface area contributed by atoms with Gasteiger partial charge in [-0.05, 0) is 32.3 Å². The summed E-state index contributed by atoms with van der Waals surface area (Å²) in [5.41, 5.74) is 0. The number of rotatable bonds is 0. The van der Waals surface area contributed by atoms with Gasteiger partial charge < -0.3 is 9.62 Å². The van der Waals surface area contributed by atoms with Gasteiger partial charge in [0.15, 0.2) is 4.93 Å². The zero-order chi connectivity index (χ0) is 10.0. The first kappa shape index (κ1) is 9.86. The van der Waals surface area contributed by atoms with Crippen molar-refractivity contribution in [2.75, 3.05) is 0 Å². The van der Waals surface area contributed by atoms with E-state index in [0.717, 1.165) is 37.7 Å². The maximum Gasteiger partial charge on any atom is 0.378 e. The summed E-state index contributed by atoms with van der Waals surface area (Å²) in [4.78, 5) is 15.4. The van der Waals surface area contributed by atoms with E-state index in [1.165, 1.54) is 6.42 Å². The highest BCUT2D eigenvalue weighted by atomic mass is 32.2. The van der Waals surface area contributed by atoms with Crippen LogP contribution in [0.15, 0.2) is 12.3 Å². The van der Waals surface area contributed by atoms with E-state index in [4.69, 9.17) is 9.07 Å². The Labute approximate surface area is 86.7 Å². The summed E-state index contributed by atoms with van der Waals surface area (Å²) in [6.07, 6.45) is 4.92. The van der Waals surface area contributed by atoms with E-state index in [9.17, 15) is 4.79 Å². The molecule has 1 spiro atoms. The molecule has 1 saturated heterocycles. The summed E-state index contributed by atoms with van der Waals surface area (Å²) < 4.78 is 10.2. The topological polar surface area (TPSA) is 44.8 Å². The van der Waals surface area contributed by atoms with Crippen LogP contribution in [0.25, 0.3) is 0 Å². The second-order valence-electron chi connectivity index (χ2n) is 3.52. The van der Waals surface area contributed by atoms with Gasteiger partial charge in [-0.1, -0.05) is 6.42 Å². The average molecular weight is 216 g/mol. The second kappa shape index (κ2) is 3.82. The molecule has 0 aromatic heterocycles. The van der Waals surface area contributed by atoms with E-state index in [1.807, 2.05) is 0 Å². The molecule has 0 atom stereocenters. The van der Waals surface area contributed by atoms with Crippen LogP contribution in [0.1, 0.15) is 32.1 Å². The van der Waals surface area contributed by atoms with Crippen LogP contribution in [0.5, 0.6) is 0 Å². The number of esters is 1. The molecule has 1 saturated carbocycles. The van der Waals surface area contributed by atoms with Crippen molar-refractivity contribution in [2.24, 2.45) is 0 Å². The highest BCUT2D eigenvalue weighted by molar-refractivity contribution is 7.95. The van der Waals surface area contributed by atoms with Gasteiger partial charge in [0.05, 0.1) is 12.0 Å². The SMILES string of the molecule is C=C1OOSC2(CCCCC2)OC1=O. The molecule has 0 amide bonds. The third-order valence-corrected chi connectivity index (χ3v) is 3.37. The van der Waals surface area contributed by atoms with Crippen molar-refractivity contribution in [1.82, 2.24) is 0 Å². The summed E-state index contributed by atoms with van der Waals surface area (Å²) in [6.45, 7) is 3.40. The van der Waals surface area contributed by atoms with Crippen LogP contribution in [0, 0.1) is 0 Å². The molecule has 14 heavy (non-hydrogen) atoms. The van der Waals surface area contributed by atoms with E-state index in [1.54, 1.807) is 0 Å². The maximum atomic E-state index is 11.3. The van der Waals surface area contributed by atoms with Gasteiger partial charge in [0, 0.05) is 0 Å². The van der Waals surface area contributed by atoms with Crippen molar-refractivity contribution in [2.45, 2.75) is 37.0 Å². The van der Waals surface area contributed by atoms with Crippen LogP contribution < -0.4 is 0 Å². The van der Waals surface area contributed by atoms with Gasteiger partial charge in [0.2, 0.25) is 5.76 Å². The lowest BCUT2D eigenvalue weighted by Gasteiger charge is -2.31. The fourth-order valence-corrected chi connectivity index (χ4v) is 2.48. The first-order valence-electron chi connectivity index (χ1n) is 4.66. The van der Waals surface area contributed by atoms with Gasteiger partial charge in [-0.2, -0.15) is 0 Å². The van der Waals surface area contributed by atoms with Gasteiger partial charge in [0.1, 0.15) is 0 Å². The third kappa shape index (κ3) is 1.88. The summed E-state index contributed by atoms with van der Waals surface area (Å²) in [6, 6.07) is 0. The van der Waals surface area contributed by atoms with E-state index >= 15 is 0 Å². The van der Waals surface area contributed by atoms with Gasteiger partial charge in [0.25, 0.3) is 0 Å². The lowest BCUT2D eigenvalue weighted by atomic mass is 9.97. The maximum absolute atomic E-state index is 11.3. The normalized spacial score (nSPS) is 26.6. The van der Waals surface area contributed by atoms with Crippen molar-refractivity contribution < 1.29 is 18.8 Å². The van der Waals surface area contributed by atoms with Crippen molar-refractivity contribution in [3.63, 3.8) is 0 Å². The molecule has 2 rings (SSSR count). The lowest BCUT2D eigenvalue weighted by molar-refractivity contribution is -0.169. The summed E-state index contributed by atoms with van der Waals surface area (Å²) >= 11 is 1.09. The smallest absolute Gasteiger partial charge is 0.378 e. The van der Waals surface area contributed by atoms with Crippen molar-refractivity contribution in [1.29, 1.82) is 0 Å². The zero-order valence-electron chi connectivity index (χ0n) is 7.78. The zero-order valence-corrected chi connectivity index (χ0v) is 8.60. The van der Waals surface area contributed by atoms with Crippen LogP contribution in [-0.4, -0.2) is 10.9 Å². The first-order chi connectivity index (χ1) is 6.72. The molecule has 2 fully saturated rings. The Kier molecular flexibility index (Phi) is 2.69. The largest absolute Gasteiger partial charge is 0.440 e. The standard InChI is InChI=1S/C9H12O4S/c1-7-8(10)11-9(14-13-12-7)5-3-2-4-6-9/h1-6H2. The summed E-state index contributed by atoms with van der Waals surface area (Å²) in [7, 11) is 0. The lowest BCUT2D eigenvalue weighted by Crippen LogP contribution is -2.32. The Morgan fingerprint density at radius 3 is 2.71 bits per heavy atom. The van der Waals surface area contributed by atoms with E-state index in [0.29, 0.717) is 0 Å². The van der Waals surface area contributed by atoms with Crippen LogP contribution in [0.2, 0.25) is 0 Å². The predicted octanol–water partition coefficient (Wildman–Crippen LogP) is 2.31. The van der Waals surface area contributed by atoms with Crippen LogP contribution in [0.4, 0.5) is 0 Å². The van der Waals surface area contributed by atoms with Gasteiger partial charge in [-0.3, -0.25) is 0 Å². The Morgan fingerprint density at radius 1 is 1.29 bits per heavy atom. The second-order valence-corrected chi connectivity index (χ2v) is 4.57. The molecule has 2 aliphatic rings. The Hall–Kier alpha value is -0.680. The minimum absolute atomic E-state index is 0.0834. The van der Waals surface area contributed by atoms with Gasteiger partial charge in [-0.25, -0.2) is 4.79 Å². The summed E-state index contributed by atoms with van der Waals surface area (Å²) in [5.74, 6) is -0.600. The molecular weight excluding hydrogens is 204 g/mol. The Balaban J connectivity index is 2.10. The number of ether oxygens (including phenoxy) is 1. The number of hydrogen-bond acceptors (Lipinski definition) is 5. The molecular formula is C9H12O4S. The van der Waals surface area contributed by atoms with Gasteiger partial charge >= 0.3 is 5.97 Å². The Morgan fingerprint density at radius 2 is 2.00 bits per heavy atom. The highest BCUT2D eigenvalue weighted by Gasteiger charge is 2.41. The van der Waals surface area contributed by atoms with Crippen molar-refractivity contribution in [3.8, 4) is 0 Å². The molecule has 4 nitrogen and oxygen atoms in total. The fourth-order valence-electron chi connectivity index (χ4n) is 1.67. The Bertz CT molecular complexity index is 258. The van der Waals surface area contributed by atoms with Crippen molar-refractivity contribution in [3.05, 3.63) is 12.3 Å². The van der Waals surface area contributed by atoms with Crippen LogP contribution >= 0.6 is 12.0 Å². The molecule has 1 heterocycles.